The highest BCUT2D eigenvalue weighted by molar-refractivity contribution is 5.90. The molecular weight excluding hydrogens is 216 g/mol. The molecule has 5 heteroatoms. The van der Waals surface area contributed by atoms with Crippen molar-refractivity contribution >= 4 is 11.6 Å². The van der Waals surface area contributed by atoms with Crippen molar-refractivity contribution in [1.29, 1.82) is 0 Å². The Labute approximate surface area is 103 Å². The zero-order valence-corrected chi connectivity index (χ0v) is 10.9. The van der Waals surface area contributed by atoms with Crippen LogP contribution in [0.5, 0.6) is 0 Å². The molecule has 0 aliphatic carbocycles. The Kier molecular flexibility index (Phi) is 5.69. The van der Waals surface area contributed by atoms with Crippen molar-refractivity contribution in [3.63, 3.8) is 0 Å². The molecule has 0 bridgehead atoms. The number of likely N-dealkylation sites (N-methyl/N-ethyl adjacent to an activating group) is 1. The van der Waals surface area contributed by atoms with Crippen molar-refractivity contribution in [3.05, 3.63) is 12.4 Å². The summed E-state index contributed by atoms with van der Waals surface area (Å²) in [6.45, 7) is 10.1. The van der Waals surface area contributed by atoms with Crippen LogP contribution in [-0.4, -0.2) is 40.2 Å². The predicted molar refractivity (Wildman–Crippen MR) is 68.9 cm³/mol. The number of nitrogens with one attached hydrogen (secondary N) is 1. The molecule has 1 rings (SSSR count). The van der Waals surface area contributed by atoms with E-state index in [1.165, 1.54) is 0 Å². The first-order valence-corrected chi connectivity index (χ1v) is 6.24. The lowest BCUT2D eigenvalue weighted by molar-refractivity contribution is -0.115. The molecule has 0 aliphatic heterocycles. The van der Waals surface area contributed by atoms with Crippen molar-refractivity contribution in [1.82, 2.24) is 14.7 Å². The van der Waals surface area contributed by atoms with Gasteiger partial charge in [0.25, 0.3) is 0 Å². The molecule has 17 heavy (non-hydrogen) atoms. The molecule has 0 atom stereocenters. The number of carbonyl (C=O) groups is 1. The molecule has 1 N–H and O–H groups in total. The summed E-state index contributed by atoms with van der Waals surface area (Å²) in [5, 5.41) is 7.01. The summed E-state index contributed by atoms with van der Waals surface area (Å²) in [5.41, 5.74) is 0.774. The fraction of sp³-hybridized carbons (Fsp3) is 0.667. The summed E-state index contributed by atoms with van der Waals surface area (Å²) in [7, 11) is 0. The summed E-state index contributed by atoms with van der Waals surface area (Å²) in [6, 6.07) is 0. The Morgan fingerprint density at radius 3 is 2.71 bits per heavy atom. The third kappa shape index (κ3) is 4.56. The Morgan fingerprint density at radius 1 is 1.41 bits per heavy atom. The van der Waals surface area contributed by atoms with Gasteiger partial charge in [-0.05, 0) is 13.1 Å². The smallest absolute Gasteiger partial charge is 0.224 e. The zero-order valence-electron chi connectivity index (χ0n) is 10.9. The number of anilines is 1. The second-order valence-electron chi connectivity index (χ2n) is 3.92. The monoisotopic (exact) mass is 238 g/mol. The van der Waals surface area contributed by atoms with Crippen molar-refractivity contribution in [2.45, 2.75) is 33.7 Å². The van der Waals surface area contributed by atoms with E-state index in [-0.39, 0.29) is 5.91 Å². The summed E-state index contributed by atoms with van der Waals surface area (Å²) in [5.74, 6) is 0.0216. The van der Waals surface area contributed by atoms with E-state index in [0.717, 1.165) is 31.9 Å². The molecule has 1 aromatic heterocycles. The van der Waals surface area contributed by atoms with Crippen molar-refractivity contribution < 1.29 is 4.79 Å². The first-order chi connectivity index (χ1) is 8.19. The van der Waals surface area contributed by atoms with Crippen LogP contribution >= 0.6 is 0 Å². The summed E-state index contributed by atoms with van der Waals surface area (Å²) >= 11 is 0. The van der Waals surface area contributed by atoms with E-state index in [1.54, 1.807) is 6.20 Å². The molecule has 1 aromatic rings. The van der Waals surface area contributed by atoms with Crippen LogP contribution < -0.4 is 5.32 Å². The average Bonchev–Trinajstić information content (AvgIpc) is 2.78. The molecule has 5 nitrogen and oxygen atoms in total. The third-order valence-corrected chi connectivity index (χ3v) is 2.78. The van der Waals surface area contributed by atoms with E-state index < -0.39 is 0 Å². The highest BCUT2D eigenvalue weighted by Crippen LogP contribution is 2.05. The third-order valence-electron chi connectivity index (χ3n) is 2.78. The van der Waals surface area contributed by atoms with Gasteiger partial charge in [-0.1, -0.05) is 20.8 Å². The van der Waals surface area contributed by atoms with Crippen molar-refractivity contribution in [2.75, 3.05) is 25.0 Å². The van der Waals surface area contributed by atoms with Crippen LogP contribution in [0.2, 0.25) is 0 Å². The molecule has 1 heterocycles. The van der Waals surface area contributed by atoms with Crippen LogP contribution in [0.1, 0.15) is 27.2 Å². The highest BCUT2D eigenvalue weighted by atomic mass is 16.1. The van der Waals surface area contributed by atoms with Gasteiger partial charge in [0.15, 0.2) is 0 Å². The number of carbonyl (C=O) groups excluding carboxylic acids is 1. The minimum atomic E-state index is 0.0216. The van der Waals surface area contributed by atoms with Gasteiger partial charge in [-0.2, -0.15) is 5.10 Å². The van der Waals surface area contributed by atoms with Crippen molar-refractivity contribution in [3.8, 4) is 0 Å². The Bertz CT molecular complexity index is 344. The quantitative estimate of drug-likeness (QED) is 0.784. The fourth-order valence-corrected chi connectivity index (χ4v) is 1.58. The van der Waals surface area contributed by atoms with Crippen molar-refractivity contribution in [2.24, 2.45) is 0 Å². The molecule has 0 aliphatic rings. The normalized spacial score (nSPS) is 10.8. The predicted octanol–water partition coefficient (Wildman–Crippen LogP) is 1.57. The van der Waals surface area contributed by atoms with Crippen LogP contribution in [-0.2, 0) is 11.3 Å². The van der Waals surface area contributed by atoms with Gasteiger partial charge in [0.05, 0.1) is 18.4 Å². The number of hydrogen-bond donors (Lipinski definition) is 1. The first-order valence-electron chi connectivity index (χ1n) is 6.24. The summed E-state index contributed by atoms with van der Waals surface area (Å²) < 4.78 is 1.86. The molecule has 0 spiro atoms. The number of amides is 1. The van der Waals surface area contributed by atoms with Gasteiger partial charge in [0.1, 0.15) is 0 Å². The molecule has 0 radical (unpaired) electrons. The van der Waals surface area contributed by atoms with E-state index in [4.69, 9.17) is 0 Å². The van der Waals surface area contributed by atoms with E-state index in [9.17, 15) is 4.79 Å². The number of aromatic nitrogens is 2. The lowest BCUT2D eigenvalue weighted by Gasteiger charge is -2.17. The molecule has 96 valence electrons. The molecule has 0 aromatic carbocycles. The Morgan fingerprint density at radius 2 is 2.12 bits per heavy atom. The topological polar surface area (TPSA) is 50.2 Å². The van der Waals surface area contributed by atoms with Gasteiger partial charge in [-0.3, -0.25) is 9.48 Å². The SMILES string of the molecule is CCC(=O)Nc1cnn(CCN(CC)CC)c1. The zero-order chi connectivity index (χ0) is 12.7. The first kappa shape index (κ1) is 13.7. The summed E-state index contributed by atoms with van der Waals surface area (Å²) in [4.78, 5) is 13.5. The maximum Gasteiger partial charge on any atom is 0.224 e. The molecule has 0 saturated heterocycles. The molecule has 0 unspecified atom stereocenters. The number of hydrogen-bond acceptors (Lipinski definition) is 3. The van der Waals surface area contributed by atoms with Crippen LogP contribution in [0.25, 0.3) is 0 Å². The fourth-order valence-electron chi connectivity index (χ4n) is 1.58. The van der Waals surface area contributed by atoms with Crippen LogP contribution in [0.15, 0.2) is 12.4 Å². The molecule has 0 fully saturated rings. The standard InChI is InChI=1S/C12H22N4O/c1-4-12(17)14-11-9-13-16(10-11)8-7-15(5-2)6-3/h9-10H,4-8H2,1-3H3,(H,14,17). The lowest BCUT2D eigenvalue weighted by Crippen LogP contribution is -2.27. The maximum atomic E-state index is 11.2. The van der Waals surface area contributed by atoms with Gasteiger partial charge in [0, 0.05) is 19.2 Å². The van der Waals surface area contributed by atoms with Gasteiger partial charge >= 0.3 is 0 Å². The van der Waals surface area contributed by atoms with Gasteiger partial charge in [-0.15, -0.1) is 0 Å². The van der Waals surface area contributed by atoms with Crippen LogP contribution in [0.4, 0.5) is 5.69 Å². The second-order valence-corrected chi connectivity index (χ2v) is 3.92. The van der Waals surface area contributed by atoms with E-state index in [0.29, 0.717) is 6.42 Å². The molecule has 1 amide bonds. The minimum absolute atomic E-state index is 0.0216. The van der Waals surface area contributed by atoms with Crippen LogP contribution in [0, 0.1) is 0 Å². The lowest BCUT2D eigenvalue weighted by atomic mass is 10.4. The van der Waals surface area contributed by atoms with E-state index in [2.05, 4.69) is 29.2 Å². The van der Waals surface area contributed by atoms with E-state index in [1.807, 2.05) is 17.8 Å². The molecule has 0 saturated carbocycles. The van der Waals surface area contributed by atoms with Gasteiger partial charge < -0.3 is 10.2 Å². The largest absolute Gasteiger partial charge is 0.323 e. The second kappa shape index (κ2) is 7.06. The van der Waals surface area contributed by atoms with E-state index >= 15 is 0 Å². The van der Waals surface area contributed by atoms with Gasteiger partial charge in [-0.25, -0.2) is 0 Å². The Balaban J connectivity index is 2.42. The molecular formula is C12H22N4O. The number of rotatable bonds is 7. The Hall–Kier alpha value is -1.36. The number of nitrogens with zero attached hydrogens (tertiary/aromatic N) is 3. The highest BCUT2D eigenvalue weighted by Gasteiger charge is 2.03. The maximum absolute atomic E-state index is 11.2. The van der Waals surface area contributed by atoms with Crippen LogP contribution in [0.3, 0.4) is 0 Å². The minimum Gasteiger partial charge on any atom is -0.323 e. The average molecular weight is 238 g/mol. The summed E-state index contributed by atoms with van der Waals surface area (Å²) in [6.07, 6.45) is 4.05. The van der Waals surface area contributed by atoms with Gasteiger partial charge in [0.2, 0.25) is 5.91 Å².